The van der Waals surface area contributed by atoms with E-state index in [-0.39, 0.29) is 11.4 Å². The molecule has 0 atom stereocenters. The standard InChI is InChI=1S/C22H18N4O4/c1-16(17-8-4-2-5-9-17)14-21(18-10-6-3-7-11-18)24-23-20-13-12-19(25(27)28)15-22(20)26(29)30/h2-15,23H,1H3/b16-14+,24-21+. The van der Waals surface area contributed by atoms with E-state index in [4.69, 9.17) is 0 Å². The van der Waals surface area contributed by atoms with Crippen molar-refractivity contribution in [1.29, 1.82) is 0 Å². The molecule has 0 fully saturated rings. The molecule has 150 valence electrons. The van der Waals surface area contributed by atoms with Crippen molar-refractivity contribution in [2.24, 2.45) is 5.10 Å². The molecule has 0 unspecified atom stereocenters. The highest BCUT2D eigenvalue weighted by molar-refractivity contribution is 6.12. The minimum atomic E-state index is -0.682. The first-order valence-electron chi connectivity index (χ1n) is 9.01. The molecule has 3 rings (SSSR count). The van der Waals surface area contributed by atoms with Crippen molar-refractivity contribution < 1.29 is 9.85 Å². The van der Waals surface area contributed by atoms with Gasteiger partial charge in [0.25, 0.3) is 5.69 Å². The van der Waals surface area contributed by atoms with E-state index in [9.17, 15) is 20.2 Å². The van der Waals surface area contributed by atoms with Crippen LogP contribution in [-0.2, 0) is 0 Å². The van der Waals surface area contributed by atoms with Crippen LogP contribution in [0.1, 0.15) is 18.1 Å². The summed E-state index contributed by atoms with van der Waals surface area (Å²) in [7, 11) is 0. The van der Waals surface area contributed by atoms with Crippen LogP contribution >= 0.6 is 0 Å². The molecule has 0 heterocycles. The molecule has 3 aromatic carbocycles. The number of hydrogen-bond donors (Lipinski definition) is 1. The topological polar surface area (TPSA) is 111 Å². The highest BCUT2D eigenvalue weighted by atomic mass is 16.6. The zero-order valence-corrected chi connectivity index (χ0v) is 16.1. The number of nitro groups is 2. The predicted octanol–water partition coefficient (Wildman–Crippen LogP) is 5.42. The van der Waals surface area contributed by atoms with Crippen molar-refractivity contribution in [1.82, 2.24) is 0 Å². The fraction of sp³-hybridized carbons (Fsp3) is 0.0455. The number of rotatable bonds is 7. The summed E-state index contributed by atoms with van der Waals surface area (Å²) in [5, 5.41) is 26.6. The Kier molecular flexibility index (Phi) is 6.29. The van der Waals surface area contributed by atoms with Crippen LogP contribution in [0.15, 0.2) is 90.0 Å². The molecule has 1 N–H and O–H groups in total. The van der Waals surface area contributed by atoms with Crippen LogP contribution in [0.25, 0.3) is 5.57 Å². The monoisotopic (exact) mass is 402 g/mol. The number of benzene rings is 3. The lowest BCUT2D eigenvalue weighted by molar-refractivity contribution is -0.393. The van der Waals surface area contributed by atoms with E-state index in [2.05, 4.69) is 10.5 Å². The average Bonchev–Trinajstić information content (AvgIpc) is 2.77. The van der Waals surface area contributed by atoms with Crippen LogP contribution in [0.4, 0.5) is 17.1 Å². The smallest absolute Gasteiger partial charge is 0.271 e. The molecule has 0 saturated heterocycles. The summed E-state index contributed by atoms with van der Waals surface area (Å²) >= 11 is 0. The maximum absolute atomic E-state index is 11.4. The number of allylic oxidation sites excluding steroid dienone is 2. The molecule has 3 aromatic rings. The summed E-state index contributed by atoms with van der Waals surface area (Å²) in [6.45, 7) is 1.95. The van der Waals surface area contributed by atoms with Crippen LogP contribution in [0.3, 0.4) is 0 Å². The molecule has 0 bridgehead atoms. The van der Waals surface area contributed by atoms with Gasteiger partial charge in [0.1, 0.15) is 5.69 Å². The fourth-order valence-electron chi connectivity index (χ4n) is 2.78. The van der Waals surface area contributed by atoms with E-state index in [1.807, 2.05) is 73.7 Å². The Morgan fingerprint density at radius 2 is 1.47 bits per heavy atom. The highest BCUT2D eigenvalue weighted by Crippen LogP contribution is 2.29. The van der Waals surface area contributed by atoms with Crippen molar-refractivity contribution >= 4 is 28.3 Å². The largest absolute Gasteiger partial charge is 0.301 e. The van der Waals surface area contributed by atoms with Gasteiger partial charge in [0, 0.05) is 11.6 Å². The molecule has 0 radical (unpaired) electrons. The lowest BCUT2D eigenvalue weighted by atomic mass is 10.0. The van der Waals surface area contributed by atoms with Gasteiger partial charge < -0.3 is 0 Å². The lowest BCUT2D eigenvalue weighted by Gasteiger charge is -2.07. The van der Waals surface area contributed by atoms with E-state index >= 15 is 0 Å². The first kappa shape index (κ1) is 20.4. The SMILES string of the molecule is C/C(=C\C(=N/Nc1ccc([N+](=O)[O-])cc1[N+](=O)[O-])c1ccccc1)c1ccccc1. The second-order valence-electron chi connectivity index (χ2n) is 6.38. The summed E-state index contributed by atoms with van der Waals surface area (Å²) in [5.41, 5.74) is 5.31. The quantitative estimate of drug-likeness (QED) is 0.322. The van der Waals surface area contributed by atoms with Crippen molar-refractivity contribution in [3.63, 3.8) is 0 Å². The van der Waals surface area contributed by atoms with Crippen LogP contribution in [-0.4, -0.2) is 15.6 Å². The second kappa shape index (κ2) is 9.24. The number of anilines is 1. The van der Waals surface area contributed by atoms with Crippen molar-refractivity contribution in [3.05, 3.63) is 116 Å². The molecule has 0 aliphatic rings. The third kappa shape index (κ3) is 4.93. The molecule has 8 nitrogen and oxygen atoms in total. The van der Waals surface area contributed by atoms with E-state index in [1.165, 1.54) is 12.1 Å². The Hall–Kier alpha value is -4.33. The third-order valence-electron chi connectivity index (χ3n) is 4.34. The maximum Gasteiger partial charge on any atom is 0.301 e. The molecule has 8 heteroatoms. The van der Waals surface area contributed by atoms with Gasteiger partial charge >= 0.3 is 5.69 Å². The summed E-state index contributed by atoms with van der Waals surface area (Å²) in [4.78, 5) is 20.9. The molecule has 0 spiro atoms. The van der Waals surface area contributed by atoms with E-state index in [0.717, 1.165) is 22.8 Å². The summed E-state index contributed by atoms with van der Waals surface area (Å²) in [5.74, 6) is 0. The first-order chi connectivity index (χ1) is 14.5. The van der Waals surface area contributed by atoms with E-state index in [1.54, 1.807) is 0 Å². The van der Waals surface area contributed by atoms with Gasteiger partial charge in [0.15, 0.2) is 0 Å². The Morgan fingerprint density at radius 3 is 2.03 bits per heavy atom. The van der Waals surface area contributed by atoms with Crippen LogP contribution in [0, 0.1) is 20.2 Å². The molecule has 0 saturated carbocycles. The van der Waals surface area contributed by atoms with Crippen molar-refractivity contribution in [2.75, 3.05) is 5.43 Å². The molecular formula is C22H18N4O4. The van der Waals surface area contributed by atoms with Gasteiger partial charge in [-0.3, -0.25) is 25.7 Å². The molecule has 0 aliphatic heterocycles. The number of non-ortho nitro benzene ring substituents is 1. The predicted molar refractivity (Wildman–Crippen MR) is 116 cm³/mol. The number of hydrogen-bond acceptors (Lipinski definition) is 6. The Balaban J connectivity index is 2.01. The lowest BCUT2D eigenvalue weighted by Crippen LogP contribution is -2.04. The Bertz CT molecular complexity index is 1130. The summed E-state index contributed by atoms with van der Waals surface area (Å²) in [6.07, 6.45) is 1.87. The molecular weight excluding hydrogens is 384 g/mol. The van der Waals surface area contributed by atoms with Gasteiger partial charge in [-0.1, -0.05) is 60.7 Å². The highest BCUT2D eigenvalue weighted by Gasteiger charge is 2.19. The van der Waals surface area contributed by atoms with Gasteiger partial charge in [-0.2, -0.15) is 5.10 Å². The van der Waals surface area contributed by atoms with Gasteiger partial charge in [-0.05, 0) is 30.2 Å². The average molecular weight is 402 g/mol. The Labute approximate surface area is 172 Å². The van der Waals surface area contributed by atoms with Crippen molar-refractivity contribution in [2.45, 2.75) is 6.92 Å². The minimum Gasteiger partial charge on any atom is -0.271 e. The molecule has 0 aliphatic carbocycles. The summed E-state index contributed by atoms with van der Waals surface area (Å²) < 4.78 is 0. The maximum atomic E-state index is 11.4. The third-order valence-corrected chi connectivity index (χ3v) is 4.34. The van der Waals surface area contributed by atoms with Gasteiger partial charge in [-0.25, -0.2) is 0 Å². The number of hydrazone groups is 1. The molecule has 30 heavy (non-hydrogen) atoms. The van der Waals surface area contributed by atoms with Crippen LogP contribution < -0.4 is 5.43 Å². The van der Waals surface area contributed by atoms with Gasteiger partial charge in [0.2, 0.25) is 0 Å². The number of nitrogens with one attached hydrogen (secondary N) is 1. The van der Waals surface area contributed by atoms with Crippen molar-refractivity contribution in [3.8, 4) is 0 Å². The number of nitro benzene ring substituents is 2. The van der Waals surface area contributed by atoms with E-state index in [0.29, 0.717) is 5.71 Å². The van der Waals surface area contributed by atoms with E-state index < -0.39 is 15.5 Å². The molecule has 0 amide bonds. The first-order valence-corrected chi connectivity index (χ1v) is 9.01. The Morgan fingerprint density at radius 1 is 0.867 bits per heavy atom. The van der Waals surface area contributed by atoms with Crippen LogP contribution in [0.2, 0.25) is 0 Å². The normalized spacial score (nSPS) is 11.8. The molecule has 0 aromatic heterocycles. The van der Waals surface area contributed by atoms with Gasteiger partial charge in [-0.15, -0.1) is 0 Å². The fourth-order valence-corrected chi connectivity index (χ4v) is 2.78. The number of nitrogens with zero attached hydrogens (tertiary/aromatic N) is 3. The minimum absolute atomic E-state index is 0.0600. The van der Waals surface area contributed by atoms with Gasteiger partial charge in [0.05, 0.1) is 21.6 Å². The second-order valence-corrected chi connectivity index (χ2v) is 6.38. The zero-order chi connectivity index (χ0) is 21.5. The van der Waals surface area contributed by atoms with Crippen LogP contribution in [0.5, 0.6) is 0 Å². The summed E-state index contributed by atoms with van der Waals surface area (Å²) in [6, 6.07) is 22.5. The zero-order valence-electron chi connectivity index (χ0n) is 16.1.